The minimum absolute atomic E-state index is 0.692. The molecule has 1 aliphatic rings. The molecule has 0 radical (unpaired) electrons. The highest BCUT2D eigenvalue weighted by Gasteiger charge is 2.13. The van der Waals surface area contributed by atoms with Crippen molar-refractivity contribution >= 4 is 22.8 Å². The first-order valence-corrected chi connectivity index (χ1v) is 7.31. The van der Waals surface area contributed by atoms with Crippen LogP contribution >= 0.6 is 11.8 Å². The van der Waals surface area contributed by atoms with Crippen LogP contribution in [0.1, 0.15) is 18.4 Å². The molecule has 3 rings (SSSR count). The molecule has 17 heavy (non-hydrogen) atoms. The lowest BCUT2D eigenvalue weighted by Crippen LogP contribution is -2.31. The largest absolute Gasteiger partial charge is 0.346 e. The van der Waals surface area contributed by atoms with Crippen LogP contribution in [-0.2, 0) is 6.54 Å². The first kappa shape index (κ1) is 11.1. The summed E-state index contributed by atoms with van der Waals surface area (Å²) >= 11 is 2.07. The van der Waals surface area contributed by atoms with Crippen molar-refractivity contribution in [3.8, 4) is 0 Å². The standard InChI is InChI=1S/C13H17N3S/c1-2-12-10(9-16-13(12)14-5-1)8-15-11-3-6-17-7-4-11/h1-2,5,9,11,15H,3-4,6-8H2,(H,14,16). The quantitative estimate of drug-likeness (QED) is 0.875. The molecule has 2 N–H and O–H groups in total. The van der Waals surface area contributed by atoms with Crippen LogP contribution in [0.3, 0.4) is 0 Å². The number of hydrogen-bond acceptors (Lipinski definition) is 3. The van der Waals surface area contributed by atoms with E-state index in [9.17, 15) is 0 Å². The van der Waals surface area contributed by atoms with Gasteiger partial charge in [0, 0.05) is 30.4 Å². The summed E-state index contributed by atoms with van der Waals surface area (Å²) in [4.78, 5) is 7.53. The maximum atomic E-state index is 4.31. The first-order valence-electron chi connectivity index (χ1n) is 6.15. The molecule has 1 aliphatic heterocycles. The number of aromatic nitrogens is 2. The number of H-pyrrole nitrogens is 1. The predicted octanol–water partition coefficient (Wildman–Crippen LogP) is 2.55. The lowest BCUT2D eigenvalue weighted by atomic mass is 10.1. The van der Waals surface area contributed by atoms with E-state index in [2.05, 4.69) is 39.3 Å². The second-order valence-corrected chi connectivity index (χ2v) is 5.71. The lowest BCUT2D eigenvalue weighted by molar-refractivity contribution is 0.483. The van der Waals surface area contributed by atoms with E-state index in [4.69, 9.17) is 0 Å². The number of rotatable bonds is 3. The van der Waals surface area contributed by atoms with Crippen molar-refractivity contribution < 1.29 is 0 Å². The highest BCUT2D eigenvalue weighted by molar-refractivity contribution is 7.99. The van der Waals surface area contributed by atoms with Gasteiger partial charge in [0.1, 0.15) is 5.65 Å². The third-order valence-electron chi connectivity index (χ3n) is 3.34. The molecule has 0 saturated carbocycles. The van der Waals surface area contributed by atoms with Crippen LogP contribution in [-0.4, -0.2) is 27.5 Å². The fourth-order valence-corrected chi connectivity index (χ4v) is 3.42. The van der Waals surface area contributed by atoms with E-state index in [0.717, 1.165) is 12.2 Å². The molecule has 3 heterocycles. The Kier molecular flexibility index (Phi) is 3.34. The minimum Gasteiger partial charge on any atom is -0.346 e. The first-order chi connectivity index (χ1) is 8.43. The Morgan fingerprint density at radius 1 is 1.41 bits per heavy atom. The molecule has 3 nitrogen and oxygen atoms in total. The Morgan fingerprint density at radius 2 is 2.29 bits per heavy atom. The second-order valence-electron chi connectivity index (χ2n) is 4.48. The number of nitrogens with one attached hydrogen (secondary N) is 2. The fourth-order valence-electron chi connectivity index (χ4n) is 2.31. The van der Waals surface area contributed by atoms with Gasteiger partial charge in [-0.3, -0.25) is 0 Å². The molecular weight excluding hydrogens is 230 g/mol. The van der Waals surface area contributed by atoms with Crippen LogP contribution in [0.15, 0.2) is 24.5 Å². The van der Waals surface area contributed by atoms with Crippen molar-refractivity contribution in [3.05, 3.63) is 30.1 Å². The Labute approximate surface area is 105 Å². The summed E-state index contributed by atoms with van der Waals surface area (Å²) < 4.78 is 0. The van der Waals surface area contributed by atoms with Crippen LogP contribution in [0.2, 0.25) is 0 Å². The SMILES string of the molecule is c1cnc2[nH]cc(CNC3CCSCC3)c2c1. The molecular formula is C13H17N3S. The highest BCUT2D eigenvalue weighted by Crippen LogP contribution is 2.19. The van der Waals surface area contributed by atoms with E-state index in [-0.39, 0.29) is 0 Å². The molecule has 2 aromatic rings. The van der Waals surface area contributed by atoms with Crippen molar-refractivity contribution in [1.82, 2.24) is 15.3 Å². The number of thioether (sulfide) groups is 1. The van der Waals surface area contributed by atoms with Crippen molar-refractivity contribution in [3.63, 3.8) is 0 Å². The van der Waals surface area contributed by atoms with Gasteiger partial charge in [0.05, 0.1) is 0 Å². The molecule has 1 fully saturated rings. The van der Waals surface area contributed by atoms with Gasteiger partial charge in [-0.2, -0.15) is 11.8 Å². The maximum Gasteiger partial charge on any atom is 0.137 e. The molecule has 0 aromatic carbocycles. The predicted molar refractivity (Wildman–Crippen MR) is 73.3 cm³/mol. The van der Waals surface area contributed by atoms with Gasteiger partial charge in [-0.15, -0.1) is 0 Å². The molecule has 0 unspecified atom stereocenters. The summed E-state index contributed by atoms with van der Waals surface area (Å²) in [7, 11) is 0. The Balaban J connectivity index is 1.68. The number of aromatic amines is 1. The molecule has 90 valence electrons. The smallest absolute Gasteiger partial charge is 0.137 e. The molecule has 0 aliphatic carbocycles. The van der Waals surface area contributed by atoms with Gasteiger partial charge < -0.3 is 10.3 Å². The molecule has 2 aromatic heterocycles. The molecule has 0 amide bonds. The van der Waals surface area contributed by atoms with Crippen LogP contribution < -0.4 is 5.32 Å². The Hall–Kier alpha value is -1.00. The average molecular weight is 247 g/mol. The van der Waals surface area contributed by atoms with E-state index < -0.39 is 0 Å². The average Bonchev–Trinajstić information content (AvgIpc) is 2.81. The van der Waals surface area contributed by atoms with Crippen LogP contribution in [0.25, 0.3) is 11.0 Å². The van der Waals surface area contributed by atoms with Gasteiger partial charge >= 0.3 is 0 Å². The number of nitrogens with zero attached hydrogens (tertiary/aromatic N) is 1. The fraction of sp³-hybridized carbons (Fsp3) is 0.462. The van der Waals surface area contributed by atoms with E-state index in [1.165, 1.54) is 35.3 Å². The topological polar surface area (TPSA) is 40.7 Å². The zero-order chi connectivity index (χ0) is 11.5. The number of hydrogen-bond donors (Lipinski definition) is 2. The zero-order valence-electron chi connectivity index (χ0n) is 9.78. The van der Waals surface area contributed by atoms with Crippen molar-refractivity contribution in [2.75, 3.05) is 11.5 Å². The molecule has 0 bridgehead atoms. The molecule has 0 atom stereocenters. The Morgan fingerprint density at radius 3 is 3.18 bits per heavy atom. The van der Waals surface area contributed by atoms with Gasteiger partial charge in [-0.1, -0.05) is 0 Å². The van der Waals surface area contributed by atoms with E-state index in [0.29, 0.717) is 6.04 Å². The van der Waals surface area contributed by atoms with E-state index >= 15 is 0 Å². The van der Waals surface area contributed by atoms with Crippen molar-refractivity contribution in [2.24, 2.45) is 0 Å². The van der Waals surface area contributed by atoms with Crippen molar-refractivity contribution in [2.45, 2.75) is 25.4 Å². The Bertz CT molecular complexity index is 488. The van der Waals surface area contributed by atoms with Gasteiger partial charge in [-0.25, -0.2) is 4.98 Å². The van der Waals surface area contributed by atoms with Crippen LogP contribution in [0.5, 0.6) is 0 Å². The zero-order valence-corrected chi connectivity index (χ0v) is 10.6. The van der Waals surface area contributed by atoms with E-state index in [1.807, 2.05) is 12.3 Å². The third-order valence-corrected chi connectivity index (χ3v) is 4.39. The molecule has 0 spiro atoms. The maximum absolute atomic E-state index is 4.31. The summed E-state index contributed by atoms with van der Waals surface area (Å²) in [5, 5.41) is 4.90. The van der Waals surface area contributed by atoms with Crippen molar-refractivity contribution in [1.29, 1.82) is 0 Å². The van der Waals surface area contributed by atoms with Gasteiger partial charge in [-0.05, 0) is 42.0 Å². The van der Waals surface area contributed by atoms with Gasteiger partial charge in [0.15, 0.2) is 0 Å². The van der Waals surface area contributed by atoms with Gasteiger partial charge in [0.25, 0.3) is 0 Å². The van der Waals surface area contributed by atoms with E-state index in [1.54, 1.807) is 0 Å². The third kappa shape index (κ3) is 2.48. The van der Waals surface area contributed by atoms with Gasteiger partial charge in [0.2, 0.25) is 0 Å². The molecule has 4 heteroatoms. The minimum atomic E-state index is 0.692. The summed E-state index contributed by atoms with van der Waals surface area (Å²) in [5.74, 6) is 2.60. The second kappa shape index (κ2) is 5.10. The van der Waals surface area contributed by atoms with Crippen LogP contribution in [0.4, 0.5) is 0 Å². The summed E-state index contributed by atoms with van der Waals surface area (Å²) in [6.45, 7) is 0.945. The lowest BCUT2D eigenvalue weighted by Gasteiger charge is -2.22. The highest BCUT2D eigenvalue weighted by atomic mass is 32.2. The summed E-state index contributed by atoms with van der Waals surface area (Å²) in [5.41, 5.74) is 2.31. The number of pyridine rings is 1. The monoisotopic (exact) mass is 247 g/mol. The molecule has 1 saturated heterocycles. The summed E-state index contributed by atoms with van der Waals surface area (Å²) in [6.07, 6.45) is 6.49. The number of fused-ring (bicyclic) bond motifs is 1. The normalized spacial score (nSPS) is 17.6. The van der Waals surface area contributed by atoms with Crippen LogP contribution in [0, 0.1) is 0 Å². The summed E-state index contributed by atoms with van der Waals surface area (Å²) in [6, 6.07) is 4.82.